The van der Waals surface area contributed by atoms with Crippen LogP contribution in [0.1, 0.15) is 15.9 Å². The maximum atomic E-state index is 13.0. The van der Waals surface area contributed by atoms with Crippen molar-refractivity contribution in [2.24, 2.45) is 0 Å². The minimum atomic E-state index is -0.580. The molecule has 0 aliphatic heterocycles. The molecule has 0 aliphatic carbocycles. The molecule has 0 saturated heterocycles. The SMILES string of the molecule is COC(=O)c1cc(F)cc(CCO)c1. The van der Waals surface area contributed by atoms with Crippen LogP contribution in [0.15, 0.2) is 18.2 Å². The molecule has 0 spiro atoms. The van der Waals surface area contributed by atoms with E-state index < -0.39 is 11.8 Å². The molecule has 1 N–H and O–H groups in total. The van der Waals surface area contributed by atoms with Crippen molar-refractivity contribution >= 4 is 5.97 Å². The second-order valence-corrected chi connectivity index (χ2v) is 2.81. The molecule has 0 unspecified atom stereocenters. The molecule has 1 aromatic carbocycles. The van der Waals surface area contributed by atoms with Gasteiger partial charge in [-0.25, -0.2) is 9.18 Å². The highest BCUT2D eigenvalue weighted by Gasteiger charge is 2.08. The maximum Gasteiger partial charge on any atom is 0.337 e. The molecular weight excluding hydrogens is 187 g/mol. The number of aliphatic hydroxyl groups excluding tert-OH is 1. The summed E-state index contributed by atoms with van der Waals surface area (Å²) in [7, 11) is 1.24. The molecule has 76 valence electrons. The minimum absolute atomic E-state index is 0.0793. The van der Waals surface area contributed by atoms with Gasteiger partial charge in [0.25, 0.3) is 0 Å². The number of benzene rings is 1. The number of esters is 1. The van der Waals surface area contributed by atoms with Gasteiger partial charge in [-0.05, 0) is 30.2 Å². The molecule has 0 heterocycles. The standard InChI is InChI=1S/C10H11FO3/c1-14-10(13)8-4-7(2-3-12)5-9(11)6-8/h4-6,12H,2-3H2,1H3. The topological polar surface area (TPSA) is 46.5 Å². The molecule has 0 aromatic heterocycles. The molecule has 3 nitrogen and oxygen atoms in total. The molecule has 0 fully saturated rings. The Balaban J connectivity index is 3.00. The Bertz CT molecular complexity index is 336. The first-order valence-electron chi connectivity index (χ1n) is 4.16. The number of hydrogen-bond donors (Lipinski definition) is 1. The monoisotopic (exact) mass is 198 g/mol. The molecule has 0 amide bonds. The van der Waals surface area contributed by atoms with Gasteiger partial charge in [0.2, 0.25) is 0 Å². The van der Waals surface area contributed by atoms with E-state index in [-0.39, 0.29) is 12.2 Å². The van der Waals surface area contributed by atoms with Gasteiger partial charge >= 0.3 is 5.97 Å². The molecular formula is C10H11FO3. The van der Waals surface area contributed by atoms with Crippen molar-refractivity contribution in [1.29, 1.82) is 0 Å². The van der Waals surface area contributed by atoms with Gasteiger partial charge in [-0.1, -0.05) is 0 Å². The molecule has 1 rings (SSSR count). The van der Waals surface area contributed by atoms with Crippen LogP contribution in [0.25, 0.3) is 0 Å². The van der Waals surface area contributed by atoms with Crippen LogP contribution in [0.4, 0.5) is 4.39 Å². The lowest BCUT2D eigenvalue weighted by Gasteiger charge is -2.03. The molecule has 0 aliphatic rings. The van der Waals surface area contributed by atoms with Gasteiger partial charge in [-0.15, -0.1) is 0 Å². The maximum absolute atomic E-state index is 13.0. The number of carbonyl (C=O) groups excluding carboxylic acids is 1. The Labute approximate surface area is 81.1 Å². The van der Waals surface area contributed by atoms with Crippen LogP contribution < -0.4 is 0 Å². The van der Waals surface area contributed by atoms with Crippen LogP contribution in [0, 0.1) is 5.82 Å². The first-order chi connectivity index (χ1) is 6.67. The Hall–Kier alpha value is -1.42. The van der Waals surface area contributed by atoms with E-state index in [0.717, 1.165) is 6.07 Å². The van der Waals surface area contributed by atoms with E-state index in [4.69, 9.17) is 5.11 Å². The molecule has 0 bridgehead atoms. The zero-order valence-electron chi connectivity index (χ0n) is 7.79. The predicted octanol–water partition coefficient (Wildman–Crippen LogP) is 1.15. The summed E-state index contributed by atoms with van der Waals surface area (Å²) < 4.78 is 17.4. The third kappa shape index (κ3) is 2.53. The van der Waals surface area contributed by atoms with E-state index in [9.17, 15) is 9.18 Å². The summed E-state index contributed by atoms with van der Waals surface area (Å²) in [4.78, 5) is 11.1. The third-order valence-electron chi connectivity index (χ3n) is 1.78. The van der Waals surface area contributed by atoms with Crippen LogP contribution in [0.5, 0.6) is 0 Å². The first kappa shape index (κ1) is 10.7. The van der Waals surface area contributed by atoms with Gasteiger partial charge in [0.15, 0.2) is 0 Å². The summed E-state index contributed by atoms with van der Waals surface area (Å²) in [6.07, 6.45) is 0.321. The van der Waals surface area contributed by atoms with Gasteiger partial charge in [0.1, 0.15) is 5.82 Å². The van der Waals surface area contributed by atoms with Gasteiger partial charge < -0.3 is 9.84 Å². The van der Waals surface area contributed by atoms with Gasteiger partial charge in [0, 0.05) is 6.61 Å². The highest BCUT2D eigenvalue weighted by atomic mass is 19.1. The van der Waals surface area contributed by atoms with Gasteiger partial charge in [-0.3, -0.25) is 0 Å². The summed E-state index contributed by atoms with van der Waals surface area (Å²) >= 11 is 0. The van der Waals surface area contributed by atoms with Crippen LogP contribution >= 0.6 is 0 Å². The van der Waals surface area contributed by atoms with E-state index in [1.54, 1.807) is 0 Å². The second kappa shape index (κ2) is 4.72. The number of aliphatic hydroxyl groups is 1. The van der Waals surface area contributed by atoms with Crippen molar-refractivity contribution in [1.82, 2.24) is 0 Å². The number of ether oxygens (including phenoxy) is 1. The van der Waals surface area contributed by atoms with Crippen molar-refractivity contribution in [2.75, 3.05) is 13.7 Å². The lowest BCUT2D eigenvalue weighted by atomic mass is 10.1. The summed E-state index contributed by atoms with van der Waals surface area (Å²) in [6, 6.07) is 3.89. The molecule has 4 heteroatoms. The Morgan fingerprint density at radius 2 is 2.21 bits per heavy atom. The van der Waals surface area contributed by atoms with E-state index in [2.05, 4.69) is 4.74 Å². The van der Waals surface area contributed by atoms with E-state index >= 15 is 0 Å². The zero-order valence-corrected chi connectivity index (χ0v) is 7.79. The van der Waals surface area contributed by atoms with Crippen LogP contribution in [-0.4, -0.2) is 24.8 Å². The molecule has 14 heavy (non-hydrogen) atoms. The zero-order chi connectivity index (χ0) is 10.6. The summed E-state index contributed by atoms with van der Waals surface area (Å²) in [5.74, 6) is -1.08. The van der Waals surface area contributed by atoms with Crippen LogP contribution in [0.3, 0.4) is 0 Å². The van der Waals surface area contributed by atoms with E-state index in [1.165, 1.54) is 19.2 Å². The molecule has 0 atom stereocenters. The van der Waals surface area contributed by atoms with Crippen molar-refractivity contribution in [3.05, 3.63) is 35.1 Å². The number of halogens is 1. The normalized spacial score (nSPS) is 9.93. The number of methoxy groups -OCH3 is 1. The minimum Gasteiger partial charge on any atom is -0.465 e. The highest BCUT2D eigenvalue weighted by molar-refractivity contribution is 5.89. The Kier molecular flexibility index (Phi) is 3.59. The number of rotatable bonds is 3. The van der Waals surface area contributed by atoms with Crippen LogP contribution in [0.2, 0.25) is 0 Å². The fourth-order valence-electron chi connectivity index (χ4n) is 1.16. The number of carbonyl (C=O) groups is 1. The summed E-state index contributed by atoms with van der Waals surface area (Å²) in [5, 5.41) is 8.66. The Morgan fingerprint density at radius 1 is 1.50 bits per heavy atom. The molecule has 0 radical (unpaired) electrons. The third-order valence-corrected chi connectivity index (χ3v) is 1.78. The molecule has 1 aromatic rings. The quantitative estimate of drug-likeness (QED) is 0.741. The van der Waals surface area contributed by atoms with Crippen molar-refractivity contribution in [2.45, 2.75) is 6.42 Å². The largest absolute Gasteiger partial charge is 0.465 e. The molecule has 0 saturated carbocycles. The fourth-order valence-corrected chi connectivity index (χ4v) is 1.16. The lowest BCUT2D eigenvalue weighted by molar-refractivity contribution is 0.0600. The predicted molar refractivity (Wildman–Crippen MR) is 48.5 cm³/mol. The van der Waals surface area contributed by atoms with Crippen molar-refractivity contribution in [3.63, 3.8) is 0 Å². The van der Waals surface area contributed by atoms with E-state index in [0.29, 0.717) is 12.0 Å². The van der Waals surface area contributed by atoms with Crippen molar-refractivity contribution in [3.8, 4) is 0 Å². The van der Waals surface area contributed by atoms with Gasteiger partial charge in [-0.2, -0.15) is 0 Å². The first-order valence-corrected chi connectivity index (χ1v) is 4.16. The van der Waals surface area contributed by atoms with E-state index in [1.807, 2.05) is 0 Å². The smallest absolute Gasteiger partial charge is 0.337 e. The average Bonchev–Trinajstić information content (AvgIpc) is 2.16. The van der Waals surface area contributed by atoms with Crippen molar-refractivity contribution < 1.29 is 19.0 Å². The lowest BCUT2D eigenvalue weighted by Crippen LogP contribution is -2.03. The highest BCUT2D eigenvalue weighted by Crippen LogP contribution is 2.10. The second-order valence-electron chi connectivity index (χ2n) is 2.81. The Morgan fingerprint density at radius 3 is 2.79 bits per heavy atom. The average molecular weight is 198 g/mol. The summed E-state index contributed by atoms with van der Waals surface area (Å²) in [5.41, 5.74) is 0.740. The number of hydrogen-bond acceptors (Lipinski definition) is 3. The fraction of sp³-hybridized carbons (Fsp3) is 0.300. The van der Waals surface area contributed by atoms with Crippen LogP contribution in [-0.2, 0) is 11.2 Å². The summed E-state index contributed by atoms with van der Waals surface area (Å²) in [6.45, 7) is -0.0793. The van der Waals surface area contributed by atoms with Gasteiger partial charge in [0.05, 0.1) is 12.7 Å².